The number of nitrogens with zero attached hydrogens (tertiary/aromatic N) is 1. The van der Waals surface area contributed by atoms with Crippen LogP contribution in [0.3, 0.4) is 0 Å². The summed E-state index contributed by atoms with van der Waals surface area (Å²) in [7, 11) is 0. The van der Waals surface area contributed by atoms with Crippen LogP contribution in [0.25, 0.3) is 0 Å². The van der Waals surface area contributed by atoms with E-state index < -0.39 is 12.1 Å². The van der Waals surface area contributed by atoms with E-state index in [-0.39, 0.29) is 12.4 Å². The van der Waals surface area contributed by atoms with E-state index in [4.69, 9.17) is 4.74 Å². The third kappa shape index (κ3) is 8.03. The molecule has 0 spiro atoms. The fraction of sp³-hybridized carbons (Fsp3) is 0.409. The van der Waals surface area contributed by atoms with Gasteiger partial charge in [-0.1, -0.05) is 50.6 Å². The standard InChI is InChI=1S/C22H28N2O3/c1-17(2)7-6-10-21(25)20(15-18-8-4-3-5-9-18)24-22(26)27-16-19-11-13-23-14-12-19/h3-5,8-9,11-14,17,20H,6-7,10,15-16H2,1-2H3,(H,24,26)/t20-/m0/s1. The molecule has 5 heteroatoms. The maximum atomic E-state index is 12.7. The zero-order chi connectivity index (χ0) is 19.5. The van der Waals surface area contributed by atoms with Crippen LogP contribution in [-0.2, 0) is 22.6 Å². The monoisotopic (exact) mass is 368 g/mol. The van der Waals surface area contributed by atoms with Gasteiger partial charge in [0.25, 0.3) is 0 Å². The van der Waals surface area contributed by atoms with Crippen LogP contribution in [0.15, 0.2) is 54.9 Å². The van der Waals surface area contributed by atoms with E-state index >= 15 is 0 Å². The number of Topliss-reactive ketones (excluding diaryl/α,β-unsaturated/α-hetero) is 1. The van der Waals surface area contributed by atoms with Crippen molar-refractivity contribution >= 4 is 11.9 Å². The summed E-state index contributed by atoms with van der Waals surface area (Å²) in [5.74, 6) is 0.601. The van der Waals surface area contributed by atoms with Gasteiger partial charge in [0.15, 0.2) is 5.78 Å². The maximum absolute atomic E-state index is 12.7. The molecule has 2 aromatic rings. The largest absolute Gasteiger partial charge is 0.445 e. The van der Waals surface area contributed by atoms with Gasteiger partial charge in [-0.25, -0.2) is 4.79 Å². The number of ether oxygens (including phenoxy) is 1. The number of carbonyl (C=O) groups excluding carboxylic acids is 2. The van der Waals surface area contributed by atoms with Crippen LogP contribution in [0, 0.1) is 5.92 Å². The van der Waals surface area contributed by atoms with Gasteiger partial charge >= 0.3 is 6.09 Å². The van der Waals surface area contributed by atoms with Crippen LogP contribution >= 0.6 is 0 Å². The number of amides is 1. The van der Waals surface area contributed by atoms with Gasteiger partial charge in [0.05, 0.1) is 6.04 Å². The fourth-order valence-electron chi connectivity index (χ4n) is 2.77. The van der Waals surface area contributed by atoms with Crippen LogP contribution in [0.1, 0.15) is 44.2 Å². The minimum atomic E-state index is -0.579. The summed E-state index contributed by atoms with van der Waals surface area (Å²) in [5.41, 5.74) is 1.86. The Kier molecular flexibility index (Phi) is 8.49. The molecule has 1 atom stereocenters. The highest BCUT2D eigenvalue weighted by Crippen LogP contribution is 2.11. The first kappa shape index (κ1) is 20.6. The molecule has 0 aliphatic rings. The molecule has 0 saturated carbocycles. The predicted octanol–water partition coefficient (Wildman–Crippen LogP) is 4.31. The normalized spacial score (nSPS) is 11.8. The molecular weight excluding hydrogens is 340 g/mol. The Morgan fingerprint density at radius 3 is 2.41 bits per heavy atom. The van der Waals surface area contributed by atoms with Gasteiger partial charge in [-0.3, -0.25) is 9.78 Å². The molecule has 0 aliphatic carbocycles. The summed E-state index contributed by atoms with van der Waals surface area (Å²) >= 11 is 0. The number of carbonyl (C=O) groups is 2. The van der Waals surface area contributed by atoms with E-state index in [0.717, 1.165) is 24.0 Å². The van der Waals surface area contributed by atoms with Gasteiger partial charge < -0.3 is 10.1 Å². The number of benzene rings is 1. The fourth-order valence-corrected chi connectivity index (χ4v) is 2.77. The Labute approximate surface area is 161 Å². The molecule has 144 valence electrons. The molecule has 0 fully saturated rings. The minimum Gasteiger partial charge on any atom is -0.445 e. The second kappa shape index (κ2) is 11.1. The molecule has 2 rings (SSSR count). The molecule has 5 nitrogen and oxygen atoms in total. The zero-order valence-corrected chi connectivity index (χ0v) is 16.1. The number of nitrogens with one attached hydrogen (secondary N) is 1. The van der Waals surface area contributed by atoms with Crippen molar-refractivity contribution in [3.05, 3.63) is 66.0 Å². The molecule has 1 aromatic carbocycles. The SMILES string of the molecule is CC(C)CCCC(=O)[C@H](Cc1ccccc1)NC(=O)OCc1ccncc1. The van der Waals surface area contributed by atoms with Gasteiger partial charge in [0.1, 0.15) is 6.61 Å². The number of aromatic nitrogens is 1. The molecule has 0 aliphatic heterocycles. The first-order valence-corrected chi connectivity index (χ1v) is 9.43. The van der Waals surface area contributed by atoms with E-state index in [1.165, 1.54) is 0 Å². The van der Waals surface area contributed by atoms with Gasteiger partial charge in [0, 0.05) is 18.8 Å². The lowest BCUT2D eigenvalue weighted by Gasteiger charge is -2.18. The van der Waals surface area contributed by atoms with E-state index in [2.05, 4.69) is 24.1 Å². The van der Waals surface area contributed by atoms with E-state index in [1.54, 1.807) is 24.5 Å². The van der Waals surface area contributed by atoms with Gasteiger partial charge in [0.2, 0.25) is 0 Å². The minimum absolute atomic E-state index is 0.0420. The number of rotatable bonds is 10. The van der Waals surface area contributed by atoms with Crippen molar-refractivity contribution in [2.45, 2.75) is 52.2 Å². The summed E-state index contributed by atoms with van der Waals surface area (Å²) in [6.45, 7) is 4.43. The van der Waals surface area contributed by atoms with Gasteiger partial charge in [-0.2, -0.15) is 0 Å². The molecule has 1 N–H and O–H groups in total. The summed E-state index contributed by atoms with van der Waals surface area (Å²) < 4.78 is 5.26. The van der Waals surface area contributed by atoms with Crippen molar-refractivity contribution in [3.63, 3.8) is 0 Å². The van der Waals surface area contributed by atoms with E-state index in [1.807, 2.05) is 30.3 Å². The molecule has 27 heavy (non-hydrogen) atoms. The molecule has 0 unspecified atom stereocenters. The molecule has 1 amide bonds. The lowest BCUT2D eigenvalue weighted by Crippen LogP contribution is -2.42. The second-order valence-corrected chi connectivity index (χ2v) is 7.07. The predicted molar refractivity (Wildman–Crippen MR) is 105 cm³/mol. The van der Waals surface area contributed by atoms with E-state index in [9.17, 15) is 9.59 Å². The molecular formula is C22H28N2O3. The topological polar surface area (TPSA) is 68.3 Å². The third-order valence-corrected chi connectivity index (χ3v) is 4.29. The quantitative estimate of drug-likeness (QED) is 0.678. The van der Waals surface area contributed by atoms with Gasteiger partial charge in [-0.05, 0) is 42.0 Å². The van der Waals surface area contributed by atoms with Crippen LogP contribution in [0.2, 0.25) is 0 Å². The second-order valence-electron chi connectivity index (χ2n) is 7.07. The number of alkyl carbamates (subject to hydrolysis) is 1. The summed E-state index contributed by atoms with van der Waals surface area (Å²) in [5, 5.41) is 2.75. The number of pyridine rings is 1. The van der Waals surface area contributed by atoms with Crippen LogP contribution in [0.4, 0.5) is 4.79 Å². The Morgan fingerprint density at radius 1 is 1.04 bits per heavy atom. The summed E-state index contributed by atoms with van der Waals surface area (Å²) in [6, 6.07) is 12.7. The Morgan fingerprint density at radius 2 is 1.74 bits per heavy atom. The highest BCUT2D eigenvalue weighted by atomic mass is 16.5. The Hall–Kier alpha value is -2.69. The van der Waals surface area contributed by atoms with Crippen molar-refractivity contribution in [2.75, 3.05) is 0 Å². The van der Waals surface area contributed by atoms with Crippen molar-refractivity contribution in [1.29, 1.82) is 0 Å². The first-order valence-electron chi connectivity index (χ1n) is 9.43. The number of ketones is 1. The Balaban J connectivity index is 1.93. The number of hydrogen-bond acceptors (Lipinski definition) is 4. The third-order valence-electron chi connectivity index (χ3n) is 4.29. The van der Waals surface area contributed by atoms with Crippen molar-refractivity contribution < 1.29 is 14.3 Å². The lowest BCUT2D eigenvalue weighted by atomic mass is 9.97. The average molecular weight is 368 g/mol. The van der Waals surface area contributed by atoms with Crippen molar-refractivity contribution in [2.24, 2.45) is 5.92 Å². The van der Waals surface area contributed by atoms with Crippen molar-refractivity contribution in [3.8, 4) is 0 Å². The summed E-state index contributed by atoms with van der Waals surface area (Å²) in [6.07, 6.45) is 5.46. The molecule has 0 bridgehead atoms. The maximum Gasteiger partial charge on any atom is 0.408 e. The first-order chi connectivity index (χ1) is 13.0. The van der Waals surface area contributed by atoms with Crippen LogP contribution in [0.5, 0.6) is 0 Å². The molecule has 0 radical (unpaired) electrons. The Bertz CT molecular complexity index is 702. The lowest BCUT2D eigenvalue weighted by molar-refractivity contribution is -0.121. The molecule has 0 saturated heterocycles. The number of hydrogen-bond donors (Lipinski definition) is 1. The average Bonchev–Trinajstić information content (AvgIpc) is 2.67. The smallest absolute Gasteiger partial charge is 0.408 e. The van der Waals surface area contributed by atoms with E-state index in [0.29, 0.717) is 18.8 Å². The van der Waals surface area contributed by atoms with Crippen LogP contribution in [-0.4, -0.2) is 22.9 Å². The molecule has 1 aromatic heterocycles. The highest BCUT2D eigenvalue weighted by molar-refractivity contribution is 5.87. The van der Waals surface area contributed by atoms with Crippen LogP contribution < -0.4 is 5.32 Å². The summed E-state index contributed by atoms with van der Waals surface area (Å²) in [4.78, 5) is 28.8. The highest BCUT2D eigenvalue weighted by Gasteiger charge is 2.21. The zero-order valence-electron chi connectivity index (χ0n) is 16.1. The molecule has 1 heterocycles. The van der Waals surface area contributed by atoms with Gasteiger partial charge in [-0.15, -0.1) is 0 Å². The van der Waals surface area contributed by atoms with Crippen molar-refractivity contribution in [1.82, 2.24) is 10.3 Å².